The molecule has 1 atom stereocenters. The van der Waals surface area contributed by atoms with Crippen molar-refractivity contribution in [2.45, 2.75) is 38.1 Å². The first kappa shape index (κ1) is 10.1. The lowest BCUT2D eigenvalue weighted by Gasteiger charge is -2.28. The van der Waals surface area contributed by atoms with E-state index in [1.165, 1.54) is 17.6 Å². The molecule has 1 fully saturated rings. The second kappa shape index (κ2) is 4.00. The van der Waals surface area contributed by atoms with E-state index >= 15 is 0 Å². The topological polar surface area (TPSA) is 70.0 Å². The maximum atomic E-state index is 11.7. The van der Waals surface area contributed by atoms with Crippen molar-refractivity contribution >= 4 is 18.1 Å². The largest absolute Gasteiger partial charge is 0.480 e. The molecule has 0 aromatic rings. The molecule has 1 aliphatic heterocycles. The van der Waals surface area contributed by atoms with Gasteiger partial charge in [0.25, 0.3) is 5.91 Å². The Morgan fingerprint density at radius 2 is 2.07 bits per heavy atom. The van der Waals surface area contributed by atoms with Crippen molar-refractivity contribution in [2.75, 3.05) is 0 Å². The van der Waals surface area contributed by atoms with Crippen LogP contribution < -0.4 is 0 Å². The van der Waals surface area contributed by atoms with Gasteiger partial charge in [0.1, 0.15) is 0 Å². The lowest BCUT2D eigenvalue weighted by Crippen LogP contribution is -2.38. The summed E-state index contributed by atoms with van der Waals surface area (Å²) in [5.41, 5.74) is 0. The van der Waals surface area contributed by atoms with Gasteiger partial charge in [0.2, 0.25) is 0 Å². The molecule has 0 radical (unpaired) electrons. The predicted molar refractivity (Wildman–Crippen MR) is 53.3 cm³/mol. The zero-order valence-electron chi connectivity index (χ0n) is 8.43. The highest BCUT2D eigenvalue weighted by Gasteiger charge is 2.37. The SMILES string of the molecule is O=C(O)C1C=NN(C2CCCCC2)C1=O. The molecule has 0 aromatic heterocycles. The fourth-order valence-corrected chi connectivity index (χ4v) is 2.17. The molecular weight excluding hydrogens is 196 g/mol. The lowest BCUT2D eigenvalue weighted by atomic mass is 9.95. The molecule has 1 aliphatic carbocycles. The van der Waals surface area contributed by atoms with E-state index in [1.54, 1.807) is 0 Å². The molecule has 1 amide bonds. The maximum absolute atomic E-state index is 11.7. The van der Waals surface area contributed by atoms with Crippen LogP contribution >= 0.6 is 0 Å². The van der Waals surface area contributed by atoms with Crippen molar-refractivity contribution in [3.05, 3.63) is 0 Å². The van der Waals surface area contributed by atoms with Crippen molar-refractivity contribution < 1.29 is 14.7 Å². The molecule has 5 heteroatoms. The minimum absolute atomic E-state index is 0.117. The average Bonchev–Trinajstić information content (AvgIpc) is 2.61. The summed E-state index contributed by atoms with van der Waals surface area (Å²) in [7, 11) is 0. The van der Waals surface area contributed by atoms with Crippen molar-refractivity contribution in [3.63, 3.8) is 0 Å². The Morgan fingerprint density at radius 3 is 2.60 bits per heavy atom. The number of carboxylic acids is 1. The standard InChI is InChI=1S/C10H14N2O3/c13-9-8(10(14)15)6-11-12(9)7-4-2-1-3-5-7/h6-8H,1-5H2,(H,14,15). The summed E-state index contributed by atoms with van der Waals surface area (Å²) >= 11 is 0. The van der Waals surface area contributed by atoms with Crippen LogP contribution in [0.25, 0.3) is 0 Å². The molecule has 15 heavy (non-hydrogen) atoms. The fraction of sp³-hybridized carbons (Fsp3) is 0.700. The van der Waals surface area contributed by atoms with Gasteiger partial charge < -0.3 is 5.11 Å². The summed E-state index contributed by atoms with van der Waals surface area (Å²) in [6.45, 7) is 0. The van der Waals surface area contributed by atoms with E-state index < -0.39 is 11.9 Å². The molecular formula is C10H14N2O3. The minimum Gasteiger partial charge on any atom is -0.480 e. The Bertz CT molecular complexity index is 308. The first-order valence-corrected chi connectivity index (χ1v) is 5.30. The van der Waals surface area contributed by atoms with Gasteiger partial charge in [0, 0.05) is 6.21 Å². The fourth-order valence-electron chi connectivity index (χ4n) is 2.17. The van der Waals surface area contributed by atoms with E-state index in [4.69, 9.17) is 5.11 Å². The van der Waals surface area contributed by atoms with Crippen LogP contribution in [0, 0.1) is 5.92 Å². The highest BCUT2D eigenvalue weighted by atomic mass is 16.4. The van der Waals surface area contributed by atoms with E-state index in [0.29, 0.717) is 0 Å². The van der Waals surface area contributed by atoms with Crippen LogP contribution in [0.15, 0.2) is 5.10 Å². The van der Waals surface area contributed by atoms with Crippen molar-refractivity contribution in [1.82, 2.24) is 5.01 Å². The van der Waals surface area contributed by atoms with E-state index in [-0.39, 0.29) is 11.9 Å². The lowest BCUT2D eigenvalue weighted by molar-refractivity contribution is -0.147. The third-order valence-corrected chi connectivity index (χ3v) is 3.02. The van der Waals surface area contributed by atoms with Gasteiger partial charge in [-0.3, -0.25) is 9.59 Å². The maximum Gasteiger partial charge on any atom is 0.321 e. The number of hydrogen-bond acceptors (Lipinski definition) is 3. The zero-order chi connectivity index (χ0) is 10.8. The number of carbonyl (C=O) groups excluding carboxylic acids is 1. The van der Waals surface area contributed by atoms with Crippen LogP contribution in [0.3, 0.4) is 0 Å². The summed E-state index contributed by atoms with van der Waals surface area (Å²) in [5.74, 6) is -2.55. The van der Waals surface area contributed by atoms with Gasteiger partial charge in [-0.2, -0.15) is 5.10 Å². The monoisotopic (exact) mass is 210 g/mol. The molecule has 1 N–H and O–H groups in total. The Labute approximate surface area is 87.8 Å². The summed E-state index contributed by atoms with van der Waals surface area (Å²) in [6.07, 6.45) is 6.51. The second-order valence-corrected chi connectivity index (χ2v) is 4.06. The molecule has 5 nitrogen and oxygen atoms in total. The number of carboxylic acid groups (broad SMARTS) is 1. The third-order valence-electron chi connectivity index (χ3n) is 3.02. The van der Waals surface area contributed by atoms with E-state index in [1.807, 2.05) is 0 Å². The van der Waals surface area contributed by atoms with E-state index in [9.17, 15) is 9.59 Å². The van der Waals surface area contributed by atoms with Gasteiger partial charge in [0.15, 0.2) is 5.92 Å². The normalized spacial score (nSPS) is 27.3. The quantitative estimate of drug-likeness (QED) is 0.687. The molecule has 0 spiro atoms. The summed E-state index contributed by atoms with van der Waals surface area (Å²) in [5, 5.41) is 14.1. The zero-order valence-corrected chi connectivity index (χ0v) is 8.43. The third kappa shape index (κ3) is 1.86. The van der Waals surface area contributed by atoms with Crippen molar-refractivity contribution in [2.24, 2.45) is 11.0 Å². The number of amides is 1. The van der Waals surface area contributed by atoms with Crippen LogP contribution in [0.4, 0.5) is 0 Å². The van der Waals surface area contributed by atoms with Crippen LogP contribution in [-0.4, -0.2) is 34.2 Å². The molecule has 82 valence electrons. The van der Waals surface area contributed by atoms with Crippen molar-refractivity contribution in [3.8, 4) is 0 Å². The first-order chi connectivity index (χ1) is 7.20. The molecule has 0 aromatic carbocycles. The van der Waals surface area contributed by atoms with Gasteiger partial charge in [-0.15, -0.1) is 0 Å². The number of hydrogen-bond donors (Lipinski definition) is 1. The average molecular weight is 210 g/mol. The predicted octanol–water partition coefficient (Wildman–Crippen LogP) is 0.848. The van der Waals surface area contributed by atoms with Crippen molar-refractivity contribution in [1.29, 1.82) is 0 Å². The Kier molecular flexibility index (Phi) is 2.70. The summed E-state index contributed by atoms with van der Waals surface area (Å²) < 4.78 is 0. The molecule has 0 saturated heterocycles. The molecule has 1 unspecified atom stereocenters. The highest BCUT2D eigenvalue weighted by Crippen LogP contribution is 2.26. The number of rotatable bonds is 2. The first-order valence-electron chi connectivity index (χ1n) is 5.30. The second-order valence-electron chi connectivity index (χ2n) is 4.06. The van der Waals surface area contributed by atoms with Crippen LogP contribution in [0.1, 0.15) is 32.1 Å². The number of carbonyl (C=O) groups is 2. The van der Waals surface area contributed by atoms with Gasteiger partial charge >= 0.3 is 5.97 Å². The van der Waals surface area contributed by atoms with Gasteiger partial charge in [-0.05, 0) is 12.8 Å². The summed E-state index contributed by atoms with van der Waals surface area (Å²) in [4.78, 5) is 22.4. The highest BCUT2D eigenvalue weighted by molar-refractivity contribution is 6.12. The summed E-state index contributed by atoms with van der Waals surface area (Å²) in [6, 6.07) is 0.117. The number of nitrogens with zero attached hydrogens (tertiary/aromatic N) is 2. The van der Waals surface area contributed by atoms with E-state index in [0.717, 1.165) is 25.7 Å². The Morgan fingerprint density at radius 1 is 1.40 bits per heavy atom. The molecule has 2 aliphatic rings. The Hall–Kier alpha value is -1.39. The van der Waals surface area contributed by atoms with Gasteiger partial charge in [0.05, 0.1) is 6.04 Å². The smallest absolute Gasteiger partial charge is 0.321 e. The number of aliphatic carboxylic acids is 1. The minimum atomic E-state index is -1.11. The van der Waals surface area contributed by atoms with Gasteiger partial charge in [-0.1, -0.05) is 19.3 Å². The number of hydrazone groups is 1. The Balaban J connectivity index is 2.03. The van der Waals surface area contributed by atoms with Crippen LogP contribution in [-0.2, 0) is 9.59 Å². The van der Waals surface area contributed by atoms with Gasteiger partial charge in [-0.25, -0.2) is 5.01 Å². The molecule has 0 bridgehead atoms. The van der Waals surface area contributed by atoms with Crippen LogP contribution in [0.2, 0.25) is 0 Å². The van der Waals surface area contributed by atoms with Crippen LogP contribution in [0.5, 0.6) is 0 Å². The van der Waals surface area contributed by atoms with E-state index in [2.05, 4.69) is 5.10 Å². The molecule has 1 heterocycles. The molecule has 1 saturated carbocycles. The molecule has 2 rings (SSSR count).